The molecular weight excluding hydrogens is 296 g/mol. The quantitative estimate of drug-likeness (QED) is 0.789. The molecule has 1 atom stereocenters. The second-order valence-corrected chi connectivity index (χ2v) is 4.99. The SMILES string of the molecule is CC(N)c1nc2cccc(Cl)c2c(=O)n1CCNC(=O)O. The summed E-state index contributed by atoms with van der Waals surface area (Å²) in [7, 11) is 0. The van der Waals surface area contributed by atoms with E-state index in [2.05, 4.69) is 10.3 Å². The van der Waals surface area contributed by atoms with Gasteiger partial charge in [-0.15, -0.1) is 0 Å². The zero-order valence-electron chi connectivity index (χ0n) is 11.3. The molecule has 0 saturated heterocycles. The van der Waals surface area contributed by atoms with Gasteiger partial charge in [-0.05, 0) is 19.1 Å². The lowest BCUT2D eigenvalue weighted by atomic mass is 10.2. The maximum atomic E-state index is 12.6. The van der Waals surface area contributed by atoms with Crippen molar-refractivity contribution in [3.05, 3.63) is 39.4 Å². The third-order valence-electron chi connectivity index (χ3n) is 2.98. The molecule has 1 heterocycles. The summed E-state index contributed by atoms with van der Waals surface area (Å²) in [5, 5.41) is 11.4. The van der Waals surface area contributed by atoms with E-state index in [0.717, 1.165) is 0 Å². The zero-order valence-corrected chi connectivity index (χ0v) is 12.1. The van der Waals surface area contributed by atoms with Crippen LogP contribution in [0.3, 0.4) is 0 Å². The molecule has 1 unspecified atom stereocenters. The van der Waals surface area contributed by atoms with Crippen LogP contribution in [0.15, 0.2) is 23.0 Å². The topological polar surface area (TPSA) is 110 Å². The number of fused-ring (bicyclic) bond motifs is 1. The molecule has 2 rings (SSSR count). The van der Waals surface area contributed by atoms with Crippen LogP contribution in [-0.4, -0.2) is 27.3 Å². The van der Waals surface area contributed by atoms with Gasteiger partial charge in [0.1, 0.15) is 5.82 Å². The Labute approximate surface area is 125 Å². The molecule has 1 amide bonds. The third-order valence-corrected chi connectivity index (χ3v) is 3.30. The minimum atomic E-state index is -1.16. The number of hydrogen-bond donors (Lipinski definition) is 3. The van der Waals surface area contributed by atoms with Gasteiger partial charge in [0.05, 0.1) is 22.0 Å². The molecular formula is C13H15ClN4O3. The number of carbonyl (C=O) groups is 1. The molecule has 0 aliphatic heterocycles. The lowest BCUT2D eigenvalue weighted by Gasteiger charge is -2.16. The van der Waals surface area contributed by atoms with Crippen molar-refractivity contribution in [2.75, 3.05) is 6.54 Å². The van der Waals surface area contributed by atoms with Crippen molar-refractivity contribution in [1.82, 2.24) is 14.9 Å². The standard InChI is InChI=1S/C13H15ClN4O3/c1-7(15)11-17-9-4-2-3-8(14)10(9)12(19)18(11)6-5-16-13(20)21/h2-4,7,16H,5-6,15H2,1H3,(H,20,21). The van der Waals surface area contributed by atoms with Crippen LogP contribution >= 0.6 is 11.6 Å². The lowest BCUT2D eigenvalue weighted by Crippen LogP contribution is -2.34. The number of benzene rings is 1. The second-order valence-electron chi connectivity index (χ2n) is 4.58. The fourth-order valence-corrected chi connectivity index (χ4v) is 2.33. The molecule has 2 aromatic rings. The number of amides is 1. The maximum absolute atomic E-state index is 12.6. The van der Waals surface area contributed by atoms with Gasteiger partial charge in [-0.2, -0.15) is 0 Å². The number of halogens is 1. The van der Waals surface area contributed by atoms with Gasteiger partial charge in [-0.1, -0.05) is 17.7 Å². The van der Waals surface area contributed by atoms with Crippen LogP contribution in [0.2, 0.25) is 5.02 Å². The highest BCUT2D eigenvalue weighted by Crippen LogP contribution is 2.19. The molecule has 112 valence electrons. The first-order valence-corrected chi connectivity index (χ1v) is 6.71. The largest absolute Gasteiger partial charge is 0.465 e. The average Bonchev–Trinajstić information content (AvgIpc) is 2.40. The minimum Gasteiger partial charge on any atom is -0.465 e. The van der Waals surface area contributed by atoms with Gasteiger partial charge in [0.15, 0.2) is 0 Å². The predicted octanol–water partition coefficient (Wildman–Crippen LogP) is 1.34. The Kier molecular flexibility index (Phi) is 4.44. The first-order chi connectivity index (χ1) is 9.91. The van der Waals surface area contributed by atoms with E-state index in [1.54, 1.807) is 25.1 Å². The summed E-state index contributed by atoms with van der Waals surface area (Å²) < 4.78 is 1.36. The highest BCUT2D eigenvalue weighted by atomic mass is 35.5. The van der Waals surface area contributed by atoms with Crippen molar-refractivity contribution in [1.29, 1.82) is 0 Å². The highest BCUT2D eigenvalue weighted by Gasteiger charge is 2.15. The molecule has 0 aliphatic carbocycles. The number of carboxylic acid groups (broad SMARTS) is 1. The molecule has 1 aromatic heterocycles. The molecule has 0 aliphatic rings. The molecule has 0 fully saturated rings. The zero-order chi connectivity index (χ0) is 15.6. The average molecular weight is 311 g/mol. The monoisotopic (exact) mass is 310 g/mol. The Hall–Kier alpha value is -2.12. The van der Waals surface area contributed by atoms with E-state index in [4.69, 9.17) is 22.4 Å². The van der Waals surface area contributed by atoms with E-state index >= 15 is 0 Å². The summed E-state index contributed by atoms with van der Waals surface area (Å²) in [5.74, 6) is 0.391. The summed E-state index contributed by atoms with van der Waals surface area (Å²) >= 11 is 6.06. The lowest BCUT2D eigenvalue weighted by molar-refractivity contribution is 0.194. The van der Waals surface area contributed by atoms with Crippen LogP contribution in [0.5, 0.6) is 0 Å². The number of hydrogen-bond acceptors (Lipinski definition) is 4. The number of nitrogens with zero attached hydrogens (tertiary/aromatic N) is 2. The van der Waals surface area contributed by atoms with Gasteiger partial charge in [0, 0.05) is 13.1 Å². The molecule has 8 heteroatoms. The van der Waals surface area contributed by atoms with Crippen molar-refractivity contribution in [3.63, 3.8) is 0 Å². The van der Waals surface area contributed by atoms with Crippen molar-refractivity contribution >= 4 is 28.6 Å². The van der Waals surface area contributed by atoms with E-state index in [-0.39, 0.29) is 18.6 Å². The molecule has 0 spiro atoms. The van der Waals surface area contributed by atoms with Gasteiger partial charge in [-0.25, -0.2) is 9.78 Å². The Balaban J connectivity index is 2.57. The van der Waals surface area contributed by atoms with Crippen LogP contribution in [-0.2, 0) is 6.54 Å². The molecule has 0 saturated carbocycles. The van der Waals surface area contributed by atoms with Gasteiger partial charge in [0.25, 0.3) is 5.56 Å². The van der Waals surface area contributed by atoms with E-state index in [0.29, 0.717) is 21.7 Å². The van der Waals surface area contributed by atoms with Gasteiger partial charge in [0.2, 0.25) is 0 Å². The van der Waals surface area contributed by atoms with Crippen molar-refractivity contribution in [2.45, 2.75) is 19.5 Å². The summed E-state index contributed by atoms with van der Waals surface area (Å²) in [4.78, 5) is 27.4. The Bertz CT molecular complexity index is 742. The summed E-state index contributed by atoms with van der Waals surface area (Å²) in [6.45, 7) is 1.92. The van der Waals surface area contributed by atoms with E-state index in [9.17, 15) is 9.59 Å². The summed E-state index contributed by atoms with van der Waals surface area (Å²) in [5.41, 5.74) is 6.00. The van der Waals surface area contributed by atoms with Crippen LogP contribution < -0.4 is 16.6 Å². The first kappa shape index (κ1) is 15.3. The van der Waals surface area contributed by atoms with E-state index in [1.165, 1.54) is 4.57 Å². The van der Waals surface area contributed by atoms with E-state index in [1.807, 2.05) is 0 Å². The Morgan fingerprint density at radius 3 is 2.90 bits per heavy atom. The van der Waals surface area contributed by atoms with Crippen molar-refractivity contribution in [2.24, 2.45) is 5.73 Å². The number of nitrogens with two attached hydrogens (primary N) is 1. The minimum absolute atomic E-state index is 0.0760. The Morgan fingerprint density at radius 1 is 1.57 bits per heavy atom. The third kappa shape index (κ3) is 3.14. The van der Waals surface area contributed by atoms with Gasteiger partial charge < -0.3 is 16.2 Å². The van der Waals surface area contributed by atoms with Crippen LogP contribution in [0.25, 0.3) is 10.9 Å². The van der Waals surface area contributed by atoms with Gasteiger partial charge >= 0.3 is 6.09 Å². The van der Waals surface area contributed by atoms with Crippen LogP contribution in [0.4, 0.5) is 4.79 Å². The van der Waals surface area contributed by atoms with E-state index < -0.39 is 12.1 Å². The molecule has 21 heavy (non-hydrogen) atoms. The predicted molar refractivity (Wildman–Crippen MR) is 79.6 cm³/mol. The molecule has 0 radical (unpaired) electrons. The number of rotatable bonds is 4. The van der Waals surface area contributed by atoms with Crippen molar-refractivity contribution in [3.8, 4) is 0 Å². The fraction of sp³-hybridized carbons (Fsp3) is 0.308. The second kappa shape index (κ2) is 6.11. The molecule has 4 N–H and O–H groups in total. The van der Waals surface area contributed by atoms with Crippen LogP contribution in [0.1, 0.15) is 18.8 Å². The summed E-state index contributed by atoms with van der Waals surface area (Å²) in [6, 6.07) is 4.54. The van der Waals surface area contributed by atoms with Crippen LogP contribution in [0, 0.1) is 0 Å². The number of aromatic nitrogens is 2. The van der Waals surface area contributed by atoms with Gasteiger partial charge in [-0.3, -0.25) is 9.36 Å². The molecule has 1 aromatic carbocycles. The first-order valence-electron chi connectivity index (χ1n) is 6.33. The summed E-state index contributed by atoms with van der Waals surface area (Å²) in [6.07, 6.45) is -1.16. The fourth-order valence-electron chi connectivity index (χ4n) is 2.08. The normalized spacial score (nSPS) is 12.3. The Morgan fingerprint density at radius 2 is 2.29 bits per heavy atom. The maximum Gasteiger partial charge on any atom is 0.404 e. The van der Waals surface area contributed by atoms with Crippen molar-refractivity contribution < 1.29 is 9.90 Å². The smallest absolute Gasteiger partial charge is 0.404 e. The number of nitrogens with one attached hydrogen (secondary N) is 1. The molecule has 7 nitrogen and oxygen atoms in total. The molecule has 0 bridgehead atoms. The highest BCUT2D eigenvalue weighted by molar-refractivity contribution is 6.35.